The highest BCUT2D eigenvalue weighted by molar-refractivity contribution is 6.32. The summed E-state index contributed by atoms with van der Waals surface area (Å²) < 4.78 is 9.95. The average molecular weight is 274 g/mol. The molecular weight excluding hydrogens is 262 g/mol. The molecule has 0 aromatic heterocycles. The first kappa shape index (κ1) is 14.2. The van der Waals surface area contributed by atoms with Gasteiger partial charge < -0.3 is 9.47 Å². The van der Waals surface area contributed by atoms with Gasteiger partial charge in [-0.05, 0) is 13.0 Å². The third kappa shape index (κ3) is 4.21. The van der Waals surface area contributed by atoms with Crippen LogP contribution in [0.1, 0.15) is 13.3 Å². The van der Waals surface area contributed by atoms with Crippen LogP contribution in [0.25, 0.3) is 0 Å². The van der Waals surface area contributed by atoms with Gasteiger partial charge in [-0.2, -0.15) is 0 Å². The Morgan fingerprint density at radius 1 is 1.50 bits per heavy atom. The van der Waals surface area contributed by atoms with Crippen molar-refractivity contribution in [2.75, 3.05) is 13.2 Å². The number of halogens is 1. The Hall–Kier alpha value is -1.82. The maximum absolute atomic E-state index is 11.0. The standard InChI is InChI=1S/C11H12ClNO5/c1-2-17-11(14)5-6-18-8-3-4-10(13(15)16)9(12)7-8/h3-4,7H,2,5-6H2,1H3. The number of nitro benzene ring substituents is 1. The Kier molecular flexibility index (Phi) is 5.38. The molecule has 0 aliphatic carbocycles. The molecule has 0 aliphatic rings. The maximum atomic E-state index is 11.0. The minimum Gasteiger partial charge on any atom is -0.493 e. The van der Waals surface area contributed by atoms with Crippen LogP contribution >= 0.6 is 11.6 Å². The lowest BCUT2D eigenvalue weighted by Crippen LogP contribution is -2.09. The number of carbonyl (C=O) groups is 1. The molecule has 0 amide bonds. The molecule has 0 N–H and O–H groups in total. The molecule has 0 saturated heterocycles. The third-order valence-corrected chi connectivity index (χ3v) is 2.30. The molecule has 0 heterocycles. The summed E-state index contributed by atoms with van der Waals surface area (Å²) in [5.41, 5.74) is -0.186. The number of nitrogens with zero attached hydrogens (tertiary/aromatic N) is 1. The number of benzene rings is 1. The molecule has 18 heavy (non-hydrogen) atoms. The first-order chi connectivity index (χ1) is 8.54. The van der Waals surface area contributed by atoms with Crippen LogP contribution in [-0.2, 0) is 9.53 Å². The van der Waals surface area contributed by atoms with Gasteiger partial charge in [0.25, 0.3) is 5.69 Å². The van der Waals surface area contributed by atoms with Crippen molar-refractivity contribution in [1.82, 2.24) is 0 Å². The molecule has 0 bridgehead atoms. The monoisotopic (exact) mass is 273 g/mol. The van der Waals surface area contributed by atoms with Gasteiger partial charge in [0.05, 0.1) is 24.6 Å². The van der Waals surface area contributed by atoms with E-state index >= 15 is 0 Å². The van der Waals surface area contributed by atoms with Crippen molar-refractivity contribution in [3.05, 3.63) is 33.3 Å². The van der Waals surface area contributed by atoms with Crippen molar-refractivity contribution in [2.45, 2.75) is 13.3 Å². The van der Waals surface area contributed by atoms with E-state index in [4.69, 9.17) is 21.1 Å². The number of hydrogen-bond donors (Lipinski definition) is 0. The van der Waals surface area contributed by atoms with Gasteiger partial charge in [-0.15, -0.1) is 0 Å². The largest absolute Gasteiger partial charge is 0.493 e. The topological polar surface area (TPSA) is 78.7 Å². The zero-order valence-corrected chi connectivity index (χ0v) is 10.5. The zero-order chi connectivity index (χ0) is 13.5. The van der Waals surface area contributed by atoms with E-state index < -0.39 is 4.92 Å². The van der Waals surface area contributed by atoms with Gasteiger partial charge in [-0.25, -0.2) is 0 Å². The Morgan fingerprint density at radius 3 is 2.78 bits per heavy atom. The predicted octanol–water partition coefficient (Wildman–Crippen LogP) is 2.58. The first-order valence-electron chi connectivity index (χ1n) is 5.27. The van der Waals surface area contributed by atoms with Crippen LogP contribution in [-0.4, -0.2) is 24.1 Å². The summed E-state index contributed by atoms with van der Waals surface area (Å²) in [4.78, 5) is 21.0. The lowest BCUT2D eigenvalue weighted by atomic mass is 10.3. The summed E-state index contributed by atoms with van der Waals surface area (Å²) >= 11 is 5.70. The number of hydrogen-bond acceptors (Lipinski definition) is 5. The van der Waals surface area contributed by atoms with Crippen LogP contribution in [0.4, 0.5) is 5.69 Å². The molecule has 0 unspecified atom stereocenters. The van der Waals surface area contributed by atoms with E-state index in [2.05, 4.69) is 0 Å². The van der Waals surface area contributed by atoms with E-state index in [1.807, 2.05) is 0 Å². The maximum Gasteiger partial charge on any atom is 0.309 e. The molecule has 0 aliphatic heterocycles. The van der Waals surface area contributed by atoms with E-state index in [0.717, 1.165) is 0 Å². The fraction of sp³-hybridized carbons (Fsp3) is 0.364. The van der Waals surface area contributed by atoms with Crippen LogP contribution in [0.15, 0.2) is 18.2 Å². The lowest BCUT2D eigenvalue weighted by molar-refractivity contribution is -0.384. The number of nitro groups is 1. The van der Waals surface area contributed by atoms with E-state index in [9.17, 15) is 14.9 Å². The van der Waals surface area contributed by atoms with Gasteiger partial charge in [-0.3, -0.25) is 14.9 Å². The number of carbonyl (C=O) groups excluding carboxylic acids is 1. The molecule has 1 aromatic carbocycles. The summed E-state index contributed by atoms with van der Waals surface area (Å²) in [5.74, 6) is 0.0143. The van der Waals surface area contributed by atoms with E-state index in [-0.39, 0.29) is 29.7 Å². The molecule has 1 rings (SSSR count). The second-order valence-electron chi connectivity index (χ2n) is 3.27. The molecule has 0 spiro atoms. The van der Waals surface area contributed by atoms with Crippen molar-refractivity contribution in [2.24, 2.45) is 0 Å². The Balaban J connectivity index is 2.51. The smallest absolute Gasteiger partial charge is 0.309 e. The minimum atomic E-state index is -0.579. The second-order valence-corrected chi connectivity index (χ2v) is 3.68. The van der Waals surface area contributed by atoms with E-state index in [1.165, 1.54) is 18.2 Å². The molecule has 98 valence electrons. The molecule has 0 saturated carbocycles. The molecule has 0 fully saturated rings. The summed E-state index contributed by atoms with van der Waals surface area (Å²) in [5, 5.41) is 10.5. The lowest BCUT2D eigenvalue weighted by Gasteiger charge is -2.06. The van der Waals surface area contributed by atoms with Crippen molar-refractivity contribution in [3.63, 3.8) is 0 Å². The van der Waals surface area contributed by atoms with Crippen LogP contribution in [0, 0.1) is 10.1 Å². The Bertz CT molecular complexity index is 449. The first-order valence-corrected chi connectivity index (χ1v) is 5.64. The summed E-state index contributed by atoms with van der Waals surface area (Å²) in [7, 11) is 0. The molecule has 1 aromatic rings. The Morgan fingerprint density at radius 2 is 2.22 bits per heavy atom. The van der Waals surface area contributed by atoms with Crippen LogP contribution in [0.5, 0.6) is 5.75 Å². The van der Waals surface area contributed by atoms with E-state index in [0.29, 0.717) is 12.4 Å². The SMILES string of the molecule is CCOC(=O)CCOc1ccc([N+](=O)[O-])c(Cl)c1. The summed E-state index contributed by atoms with van der Waals surface area (Å²) in [6.45, 7) is 2.17. The molecular formula is C11H12ClNO5. The third-order valence-electron chi connectivity index (χ3n) is 2.00. The molecule has 7 heteroatoms. The fourth-order valence-electron chi connectivity index (χ4n) is 1.21. The van der Waals surface area contributed by atoms with Crippen molar-refractivity contribution < 1.29 is 19.2 Å². The summed E-state index contributed by atoms with van der Waals surface area (Å²) in [6, 6.07) is 4.02. The number of rotatable bonds is 6. The highest BCUT2D eigenvalue weighted by Crippen LogP contribution is 2.28. The molecule has 6 nitrogen and oxygen atoms in total. The zero-order valence-electron chi connectivity index (χ0n) is 9.72. The van der Waals surface area contributed by atoms with Gasteiger partial charge in [-0.1, -0.05) is 11.6 Å². The van der Waals surface area contributed by atoms with Crippen LogP contribution in [0.2, 0.25) is 5.02 Å². The van der Waals surface area contributed by atoms with Crippen LogP contribution < -0.4 is 4.74 Å². The Labute approximate surface area is 109 Å². The highest BCUT2D eigenvalue weighted by Gasteiger charge is 2.12. The van der Waals surface area contributed by atoms with Crippen molar-refractivity contribution in [1.29, 1.82) is 0 Å². The minimum absolute atomic E-state index is 0.00589. The van der Waals surface area contributed by atoms with Crippen molar-refractivity contribution >= 4 is 23.3 Å². The van der Waals surface area contributed by atoms with Gasteiger partial charge in [0.2, 0.25) is 0 Å². The fourth-order valence-corrected chi connectivity index (χ4v) is 1.45. The van der Waals surface area contributed by atoms with Gasteiger partial charge in [0.15, 0.2) is 0 Å². The average Bonchev–Trinajstić information content (AvgIpc) is 2.29. The highest BCUT2D eigenvalue weighted by atomic mass is 35.5. The number of ether oxygens (including phenoxy) is 2. The molecule has 0 radical (unpaired) electrons. The molecule has 0 atom stereocenters. The number of esters is 1. The van der Waals surface area contributed by atoms with Gasteiger partial charge in [0.1, 0.15) is 10.8 Å². The van der Waals surface area contributed by atoms with Gasteiger partial charge in [0, 0.05) is 12.1 Å². The quantitative estimate of drug-likeness (QED) is 0.452. The summed E-state index contributed by atoms with van der Waals surface area (Å²) in [6.07, 6.45) is 0.114. The van der Waals surface area contributed by atoms with E-state index in [1.54, 1.807) is 6.92 Å². The van der Waals surface area contributed by atoms with Crippen LogP contribution in [0.3, 0.4) is 0 Å². The predicted molar refractivity (Wildman–Crippen MR) is 64.9 cm³/mol. The normalized spacial score (nSPS) is 9.89. The van der Waals surface area contributed by atoms with Crippen molar-refractivity contribution in [3.8, 4) is 5.75 Å². The second kappa shape index (κ2) is 6.80. The van der Waals surface area contributed by atoms with Gasteiger partial charge >= 0.3 is 5.97 Å².